The van der Waals surface area contributed by atoms with Crippen LogP contribution in [-0.2, 0) is 6.54 Å². The van der Waals surface area contributed by atoms with Crippen LogP contribution in [0.4, 0.5) is 5.82 Å². The summed E-state index contributed by atoms with van der Waals surface area (Å²) in [6, 6.07) is 0. The van der Waals surface area contributed by atoms with E-state index in [1.54, 1.807) is 0 Å². The first kappa shape index (κ1) is 10.3. The Morgan fingerprint density at radius 3 is 2.94 bits per heavy atom. The van der Waals surface area contributed by atoms with E-state index in [0.29, 0.717) is 5.82 Å². The molecule has 2 aromatic heterocycles. The zero-order valence-corrected chi connectivity index (χ0v) is 10.3. The highest BCUT2D eigenvalue weighted by Gasteiger charge is 2.39. The van der Waals surface area contributed by atoms with Crippen molar-refractivity contribution in [2.24, 2.45) is 17.8 Å². The minimum atomic E-state index is 0.478. The van der Waals surface area contributed by atoms with E-state index in [1.165, 1.54) is 32.0 Å². The van der Waals surface area contributed by atoms with E-state index in [1.807, 2.05) is 6.33 Å². The third-order valence-electron chi connectivity index (χ3n) is 4.75. The van der Waals surface area contributed by atoms with Crippen LogP contribution in [0, 0.1) is 17.8 Å². The summed E-state index contributed by atoms with van der Waals surface area (Å²) in [7, 11) is 0. The summed E-state index contributed by atoms with van der Waals surface area (Å²) >= 11 is 0. The molecule has 4 rings (SSSR count). The van der Waals surface area contributed by atoms with Gasteiger partial charge in [0.2, 0.25) is 0 Å². The summed E-state index contributed by atoms with van der Waals surface area (Å²) in [6.07, 6.45) is 9.07. The molecule has 0 aromatic carbocycles. The fraction of sp³-hybridized carbons (Fsp3) is 0.615. The number of nitrogens with two attached hydrogens (primary N) is 1. The molecule has 2 bridgehead atoms. The predicted molar refractivity (Wildman–Crippen MR) is 68.7 cm³/mol. The fourth-order valence-electron chi connectivity index (χ4n) is 3.89. The van der Waals surface area contributed by atoms with Gasteiger partial charge in [-0.1, -0.05) is 6.42 Å². The molecule has 0 aliphatic heterocycles. The molecule has 2 saturated carbocycles. The van der Waals surface area contributed by atoms with Gasteiger partial charge in [0.05, 0.1) is 6.33 Å². The third-order valence-corrected chi connectivity index (χ3v) is 4.75. The van der Waals surface area contributed by atoms with Gasteiger partial charge < -0.3 is 10.3 Å². The molecule has 94 valence electrons. The minimum Gasteiger partial charge on any atom is -0.382 e. The van der Waals surface area contributed by atoms with Gasteiger partial charge in [0.15, 0.2) is 11.5 Å². The average Bonchev–Trinajstić information content (AvgIpc) is 3.05. The van der Waals surface area contributed by atoms with Crippen LogP contribution in [0.1, 0.15) is 25.7 Å². The zero-order chi connectivity index (χ0) is 12.1. The van der Waals surface area contributed by atoms with Gasteiger partial charge in [0.25, 0.3) is 0 Å². The molecule has 2 heterocycles. The summed E-state index contributed by atoms with van der Waals surface area (Å²) < 4.78 is 2.15. The number of fused-ring (bicyclic) bond motifs is 3. The lowest BCUT2D eigenvalue weighted by molar-refractivity contribution is 0.298. The Kier molecular flexibility index (Phi) is 2.10. The Bertz CT molecular complexity index is 590. The Hall–Kier alpha value is -1.65. The van der Waals surface area contributed by atoms with Crippen molar-refractivity contribution in [2.75, 3.05) is 5.73 Å². The molecule has 5 nitrogen and oxygen atoms in total. The van der Waals surface area contributed by atoms with Crippen LogP contribution in [0.25, 0.3) is 11.2 Å². The van der Waals surface area contributed by atoms with Crippen LogP contribution in [0.2, 0.25) is 0 Å². The Labute approximate surface area is 105 Å². The van der Waals surface area contributed by atoms with E-state index in [4.69, 9.17) is 5.73 Å². The van der Waals surface area contributed by atoms with E-state index in [0.717, 1.165) is 35.5 Å². The van der Waals surface area contributed by atoms with Gasteiger partial charge in [-0.2, -0.15) is 0 Å². The van der Waals surface area contributed by atoms with Crippen molar-refractivity contribution in [2.45, 2.75) is 32.2 Å². The van der Waals surface area contributed by atoms with Crippen LogP contribution in [0.3, 0.4) is 0 Å². The topological polar surface area (TPSA) is 69.6 Å². The second-order valence-electron chi connectivity index (χ2n) is 5.76. The number of imidazole rings is 1. The first-order chi connectivity index (χ1) is 8.81. The molecule has 3 atom stereocenters. The fourth-order valence-corrected chi connectivity index (χ4v) is 3.89. The Morgan fingerprint density at radius 1 is 1.22 bits per heavy atom. The Balaban J connectivity index is 1.65. The maximum Gasteiger partial charge on any atom is 0.165 e. The second-order valence-corrected chi connectivity index (χ2v) is 5.76. The van der Waals surface area contributed by atoms with Gasteiger partial charge in [-0.15, -0.1) is 0 Å². The quantitative estimate of drug-likeness (QED) is 0.873. The molecule has 3 unspecified atom stereocenters. The van der Waals surface area contributed by atoms with E-state index in [2.05, 4.69) is 19.5 Å². The molecule has 0 spiro atoms. The van der Waals surface area contributed by atoms with Gasteiger partial charge >= 0.3 is 0 Å². The molecular formula is C13H17N5. The van der Waals surface area contributed by atoms with Crippen LogP contribution >= 0.6 is 0 Å². The van der Waals surface area contributed by atoms with Crippen molar-refractivity contribution in [3.05, 3.63) is 12.7 Å². The van der Waals surface area contributed by atoms with Crippen molar-refractivity contribution in [3.63, 3.8) is 0 Å². The van der Waals surface area contributed by atoms with E-state index >= 15 is 0 Å². The summed E-state index contributed by atoms with van der Waals surface area (Å²) in [5.41, 5.74) is 7.43. The molecule has 0 amide bonds. The Morgan fingerprint density at radius 2 is 2.17 bits per heavy atom. The summed E-state index contributed by atoms with van der Waals surface area (Å²) in [4.78, 5) is 12.6. The number of hydrogen-bond donors (Lipinski definition) is 1. The van der Waals surface area contributed by atoms with Crippen LogP contribution in [0.5, 0.6) is 0 Å². The smallest absolute Gasteiger partial charge is 0.165 e. The molecule has 18 heavy (non-hydrogen) atoms. The van der Waals surface area contributed by atoms with Gasteiger partial charge in [-0.25, -0.2) is 15.0 Å². The molecular weight excluding hydrogens is 226 g/mol. The van der Waals surface area contributed by atoms with E-state index in [9.17, 15) is 0 Å². The molecule has 2 aliphatic rings. The first-order valence-electron chi connectivity index (χ1n) is 6.72. The molecule has 0 saturated heterocycles. The van der Waals surface area contributed by atoms with Crippen molar-refractivity contribution in [1.82, 2.24) is 19.5 Å². The highest BCUT2D eigenvalue weighted by atomic mass is 15.1. The van der Waals surface area contributed by atoms with Gasteiger partial charge in [-0.05, 0) is 37.0 Å². The molecule has 2 N–H and O–H groups in total. The van der Waals surface area contributed by atoms with Gasteiger partial charge in [0.1, 0.15) is 11.8 Å². The van der Waals surface area contributed by atoms with Crippen molar-refractivity contribution >= 4 is 17.0 Å². The van der Waals surface area contributed by atoms with Crippen LogP contribution in [0.15, 0.2) is 12.7 Å². The first-order valence-corrected chi connectivity index (χ1v) is 6.72. The maximum atomic E-state index is 5.81. The van der Waals surface area contributed by atoms with Gasteiger partial charge in [0, 0.05) is 6.54 Å². The third kappa shape index (κ3) is 1.43. The SMILES string of the molecule is Nc1ncnc2c1ncn2CC1CC2CCC1C2. The highest BCUT2D eigenvalue weighted by molar-refractivity contribution is 5.81. The van der Waals surface area contributed by atoms with E-state index in [-0.39, 0.29) is 0 Å². The molecule has 5 heteroatoms. The van der Waals surface area contributed by atoms with E-state index < -0.39 is 0 Å². The zero-order valence-electron chi connectivity index (χ0n) is 10.3. The molecule has 0 radical (unpaired) electrons. The summed E-state index contributed by atoms with van der Waals surface area (Å²) in [5, 5.41) is 0. The summed E-state index contributed by atoms with van der Waals surface area (Å²) in [6.45, 7) is 1.04. The molecule has 2 aromatic rings. The monoisotopic (exact) mass is 243 g/mol. The lowest BCUT2D eigenvalue weighted by atomic mass is 9.89. The number of nitrogen functional groups attached to an aromatic ring is 1. The molecule has 2 fully saturated rings. The normalized spacial score (nSPS) is 30.3. The lowest BCUT2D eigenvalue weighted by Gasteiger charge is -2.21. The standard InChI is InChI=1S/C13H17N5/c14-12-11-13(16-6-15-12)18(7-17-11)5-10-4-8-1-2-9(10)3-8/h6-10H,1-5H2,(H2,14,15,16). The minimum absolute atomic E-state index is 0.478. The number of anilines is 1. The number of rotatable bonds is 2. The average molecular weight is 243 g/mol. The van der Waals surface area contributed by atoms with Crippen molar-refractivity contribution in [1.29, 1.82) is 0 Å². The number of hydrogen-bond acceptors (Lipinski definition) is 4. The second kappa shape index (κ2) is 3.67. The predicted octanol–water partition coefficient (Wildman–Crippen LogP) is 1.84. The number of nitrogens with zero attached hydrogens (tertiary/aromatic N) is 4. The number of aromatic nitrogens is 4. The largest absolute Gasteiger partial charge is 0.382 e. The van der Waals surface area contributed by atoms with Crippen molar-refractivity contribution < 1.29 is 0 Å². The van der Waals surface area contributed by atoms with Crippen molar-refractivity contribution in [3.8, 4) is 0 Å². The highest BCUT2D eigenvalue weighted by Crippen LogP contribution is 2.48. The van der Waals surface area contributed by atoms with Crippen LogP contribution in [-0.4, -0.2) is 19.5 Å². The lowest BCUT2D eigenvalue weighted by Crippen LogP contribution is -2.17. The summed E-state index contributed by atoms with van der Waals surface area (Å²) in [5.74, 6) is 3.19. The molecule has 2 aliphatic carbocycles. The van der Waals surface area contributed by atoms with Gasteiger partial charge in [-0.3, -0.25) is 0 Å². The van der Waals surface area contributed by atoms with Crippen LogP contribution < -0.4 is 5.73 Å². The maximum absolute atomic E-state index is 5.81.